The molecule has 0 saturated heterocycles. The Morgan fingerprint density at radius 3 is 2.12 bits per heavy atom. The van der Waals surface area contributed by atoms with Gasteiger partial charge in [0.2, 0.25) is 0 Å². The molecule has 0 aliphatic carbocycles. The molecule has 1 amide bonds. The maximum absolute atomic E-state index is 10.9. The first-order valence-electron chi connectivity index (χ1n) is 7.37. The predicted octanol–water partition coefficient (Wildman–Crippen LogP) is 3.66. The Bertz CT molecular complexity index is 552. The summed E-state index contributed by atoms with van der Waals surface area (Å²) in [6.45, 7) is 4.00. The third kappa shape index (κ3) is 14.1. The van der Waals surface area contributed by atoms with E-state index < -0.39 is 6.09 Å². The lowest BCUT2D eigenvalue weighted by molar-refractivity contribution is -0.139. The van der Waals surface area contributed by atoms with E-state index in [0.717, 1.165) is 11.1 Å². The Hall–Kier alpha value is -2.89. The Balaban J connectivity index is 0. The van der Waals surface area contributed by atoms with Crippen LogP contribution in [0.4, 0.5) is 4.79 Å². The van der Waals surface area contributed by atoms with Gasteiger partial charge in [0.15, 0.2) is 0 Å². The summed E-state index contributed by atoms with van der Waals surface area (Å²) < 4.78 is 8.43. The first-order valence-corrected chi connectivity index (χ1v) is 7.37. The summed E-state index contributed by atoms with van der Waals surface area (Å²) >= 11 is 0. The van der Waals surface area contributed by atoms with Gasteiger partial charge in [0, 0.05) is 6.21 Å². The van der Waals surface area contributed by atoms with Crippen molar-refractivity contribution in [2.75, 3.05) is 14.2 Å². The highest BCUT2D eigenvalue weighted by Gasteiger charge is 1.94. The molecule has 6 heteroatoms. The van der Waals surface area contributed by atoms with E-state index in [1.54, 1.807) is 12.2 Å². The zero-order valence-corrected chi connectivity index (χ0v) is 14.6. The average molecular weight is 334 g/mol. The standard InChI is InChI=1S/C14H15NO2.C2H5NO2.C2H6/c1-17-14(16)9-3-7-12-5-2-6-13(11-12)8-4-10-15;1-5-2(3)4;1-2/h2-8,10-11,15H,9H2,1H3;1H3,(H2,3,4);1-2H3/b7-3+,8-4+,15-10?;;. The van der Waals surface area contributed by atoms with Crippen LogP contribution in [0.5, 0.6) is 0 Å². The van der Waals surface area contributed by atoms with Gasteiger partial charge in [0.05, 0.1) is 20.6 Å². The minimum atomic E-state index is -0.745. The molecule has 0 unspecified atom stereocenters. The van der Waals surface area contributed by atoms with Crippen molar-refractivity contribution >= 4 is 30.4 Å². The van der Waals surface area contributed by atoms with E-state index in [1.807, 2.05) is 50.3 Å². The second-order valence-corrected chi connectivity index (χ2v) is 3.90. The Morgan fingerprint density at radius 2 is 1.67 bits per heavy atom. The van der Waals surface area contributed by atoms with Crippen molar-refractivity contribution in [2.45, 2.75) is 20.3 Å². The van der Waals surface area contributed by atoms with Crippen LogP contribution in [0.1, 0.15) is 31.4 Å². The van der Waals surface area contributed by atoms with Crippen molar-refractivity contribution in [1.82, 2.24) is 0 Å². The van der Waals surface area contributed by atoms with Gasteiger partial charge in [-0.3, -0.25) is 4.79 Å². The molecule has 1 rings (SSSR count). The number of allylic oxidation sites excluding steroid dienone is 1. The summed E-state index contributed by atoms with van der Waals surface area (Å²) in [4.78, 5) is 20.3. The lowest BCUT2D eigenvalue weighted by Gasteiger charge is -1.96. The SMILES string of the molecule is CC.COC(=O)C/C=C/c1cccc(/C=C/C=N)c1.COC(N)=O. The zero-order valence-electron chi connectivity index (χ0n) is 14.6. The van der Waals surface area contributed by atoms with Crippen LogP contribution in [-0.2, 0) is 14.3 Å². The summed E-state index contributed by atoms with van der Waals surface area (Å²) in [7, 11) is 2.60. The van der Waals surface area contributed by atoms with Gasteiger partial charge in [-0.15, -0.1) is 0 Å². The van der Waals surface area contributed by atoms with Gasteiger partial charge >= 0.3 is 12.1 Å². The van der Waals surface area contributed by atoms with Gasteiger partial charge in [0.25, 0.3) is 0 Å². The molecule has 0 aliphatic rings. The Kier molecular flexibility index (Phi) is 16.1. The summed E-state index contributed by atoms with van der Waals surface area (Å²) in [5.74, 6) is -0.249. The number of carbonyl (C=O) groups is 2. The molecule has 1 aromatic rings. The number of primary amides is 1. The van der Waals surface area contributed by atoms with Crippen LogP contribution in [0, 0.1) is 5.41 Å². The molecular weight excluding hydrogens is 308 g/mol. The average Bonchev–Trinajstić information content (AvgIpc) is 2.62. The molecule has 1 aromatic carbocycles. The van der Waals surface area contributed by atoms with Crippen molar-refractivity contribution in [2.24, 2.45) is 5.73 Å². The molecule has 0 aromatic heterocycles. The maximum Gasteiger partial charge on any atom is 0.404 e. The quantitative estimate of drug-likeness (QED) is 0.633. The van der Waals surface area contributed by atoms with Crippen molar-refractivity contribution in [3.05, 3.63) is 47.5 Å². The lowest BCUT2D eigenvalue weighted by atomic mass is 10.1. The minimum Gasteiger partial charge on any atom is -0.469 e. The third-order valence-corrected chi connectivity index (χ3v) is 2.32. The highest BCUT2D eigenvalue weighted by molar-refractivity contribution is 5.76. The summed E-state index contributed by atoms with van der Waals surface area (Å²) in [6, 6.07) is 7.82. The molecule has 0 spiro atoms. The van der Waals surface area contributed by atoms with E-state index in [2.05, 4.69) is 15.2 Å². The van der Waals surface area contributed by atoms with Gasteiger partial charge in [-0.2, -0.15) is 0 Å². The number of ether oxygens (including phenoxy) is 2. The van der Waals surface area contributed by atoms with E-state index in [4.69, 9.17) is 5.41 Å². The van der Waals surface area contributed by atoms with Crippen molar-refractivity contribution in [1.29, 1.82) is 5.41 Å². The summed E-state index contributed by atoms with van der Waals surface area (Å²) in [5, 5.41) is 6.91. The van der Waals surface area contributed by atoms with E-state index in [-0.39, 0.29) is 12.4 Å². The fourth-order valence-corrected chi connectivity index (χ4v) is 1.30. The van der Waals surface area contributed by atoms with Gasteiger partial charge < -0.3 is 20.6 Å². The highest BCUT2D eigenvalue weighted by atomic mass is 16.5. The third-order valence-electron chi connectivity index (χ3n) is 2.32. The van der Waals surface area contributed by atoms with Crippen LogP contribution in [0.15, 0.2) is 36.4 Å². The second kappa shape index (κ2) is 16.5. The number of carbonyl (C=O) groups excluding carboxylic acids is 2. The molecular formula is C18H26N2O4. The second-order valence-electron chi connectivity index (χ2n) is 3.90. The largest absolute Gasteiger partial charge is 0.469 e. The Morgan fingerprint density at radius 1 is 1.12 bits per heavy atom. The normalized spacial score (nSPS) is 9.33. The molecule has 24 heavy (non-hydrogen) atoms. The molecule has 0 aliphatic heterocycles. The Labute approximate surface area is 143 Å². The number of nitrogens with one attached hydrogen (secondary N) is 1. The molecule has 6 nitrogen and oxygen atoms in total. The van der Waals surface area contributed by atoms with Crippen LogP contribution in [0.25, 0.3) is 12.2 Å². The number of nitrogens with two attached hydrogens (primary N) is 1. The molecule has 0 bridgehead atoms. The number of hydrogen-bond donors (Lipinski definition) is 2. The minimum absolute atomic E-state index is 0.249. The number of hydrogen-bond acceptors (Lipinski definition) is 5. The lowest BCUT2D eigenvalue weighted by Crippen LogP contribution is -2.08. The number of rotatable bonds is 5. The van der Waals surface area contributed by atoms with E-state index in [9.17, 15) is 9.59 Å². The monoisotopic (exact) mass is 334 g/mol. The summed E-state index contributed by atoms with van der Waals surface area (Å²) in [5.41, 5.74) is 6.47. The van der Waals surface area contributed by atoms with Gasteiger partial charge in [0.1, 0.15) is 0 Å². The van der Waals surface area contributed by atoms with E-state index in [1.165, 1.54) is 20.4 Å². The zero-order chi connectivity index (χ0) is 18.8. The van der Waals surface area contributed by atoms with Crippen molar-refractivity contribution in [3.8, 4) is 0 Å². The van der Waals surface area contributed by atoms with Crippen LogP contribution in [-0.4, -0.2) is 32.5 Å². The summed E-state index contributed by atoms with van der Waals surface area (Å²) in [6.07, 6.45) is 7.92. The van der Waals surface area contributed by atoms with Gasteiger partial charge in [-0.25, -0.2) is 4.79 Å². The van der Waals surface area contributed by atoms with Crippen LogP contribution >= 0.6 is 0 Å². The molecule has 0 heterocycles. The molecule has 0 fully saturated rings. The van der Waals surface area contributed by atoms with Crippen molar-refractivity contribution in [3.63, 3.8) is 0 Å². The smallest absolute Gasteiger partial charge is 0.404 e. The molecule has 0 radical (unpaired) electrons. The van der Waals surface area contributed by atoms with Crippen LogP contribution in [0.2, 0.25) is 0 Å². The van der Waals surface area contributed by atoms with Crippen molar-refractivity contribution < 1.29 is 19.1 Å². The molecule has 0 saturated carbocycles. The first kappa shape index (κ1) is 23.4. The predicted molar refractivity (Wildman–Crippen MR) is 97.9 cm³/mol. The fraction of sp³-hybridized carbons (Fsp3) is 0.278. The maximum atomic E-state index is 10.9. The molecule has 132 valence electrons. The topological polar surface area (TPSA) is 102 Å². The van der Waals surface area contributed by atoms with Crippen LogP contribution in [0.3, 0.4) is 0 Å². The van der Waals surface area contributed by atoms with E-state index in [0.29, 0.717) is 0 Å². The molecule has 0 atom stereocenters. The van der Waals surface area contributed by atoms with Crippen LogP contribution < -0.4 is 5.73 Å². The highest BCUT2D eigenvalue weighted by Crippen LogP contribution is 2.09. The number of esters is 1. The number of benzene rings is 1. The van der Waals surface area contributed by atoms with Gasteiger partial charge in [-0.05, 0) is 23.3 Å². The fourth-order valence-electron chi connectivity index (χ4n) is 1.30. The first-order chi connectivity index (χ1) is 11.5. The number of methoxy groups -OCH3 is 2. The number of amides is 1. The molecule has 3 N–H and O–H groups in total. The van der Waals surface area contributed by atoms with Gasteiger partial charge in [-0.1, -0.05) is 50.3 Å². The van der Waals surface area contributed by atoms with E-state index >= 15 is 0 Å².